The van der Waals surface area contributed by atoms with Crippen molar-refractivity contribution in [2.24, 2.45) is 0 Å². The summed E-state index contributed by atoms with van der Waals surface area (Å²) in [5, 5.41) is 11.1. The van der Waals surface area contributed by atoms with E-state index in [1.165, 1.54) is 16.7 Å². The van der Waals surface area contributed by atoms with Crippen LogP contribution in [0.1, 0.15) is 11.1 Å². The van der Waals surface area contributed by atoms with Gasteiger partial charge in [-0.15, -0.1) is 11.8 Å². The summed E-state index contributed by atoms with van der Waals surface area (Å²) >= 11 is 1.22. The van der Waals surface area contributed by atoms with Crippen LogP contribution in [0.2, 0.25) is 0 Å². The minimum absolute atomic E-state index is 0.0644. The SMILES string of the molecule is Cc1ccc(C2=C(SCCO)C(=O)N(c3cccc4ccccc34)C2=O)cc1. The van der Waals surface area contributed by atoms with E-state index in [1.807, 2.05) is 67.6 Å². The van der Waals surface area contributed by atoms with Crippen LogP contribution in [0, 0.1) is 6.92 Å². The Morgan fingerprint density at radius 3 is 2.36 bits per heavy atom. The molecule has 0 saturated carbocycles. The molecule has 1 aliphatic heterocycles. The van der Waals surface area contributed by atoms with Crippen molar-refractivity contribution in [3.05, 3.63) is 82.8 Å². The zero-order valence-corrected chi connectivity index (χ0v) is 16.2. The van der Waals surface area contributed by atoms with Crippen LogP contribution in [-0.4, -0.2) is 29.3 Å². The van der Waals surface area contributed by atoms with Crippen LogP contribution in [0.4, 0.5) is 5.69 Å². The van der Waals surface area contributed by atoms with Gasteiger partial charge in [0, 0.05) is 11.1 Å². The first kappa shape index (κ1) is 18.5. The van der Waals surface area contributed by atoms with Gasteiger partial charge in [0.25, 0.3) is 11.8 Å². The van der Waals surface area contributed by atoms with E-state index >= 15 is 0 Å². The Balaban J connectivity index is 1.85. The third-order valence-electron chi connectivity index (χ3n) is 4.73. The Hall–Kier alpha value is -2.89. The van der Waals surface area contributed by atoms with Crippen LogP contribution >= 0.6 is 11.8 Å². The van der Waals surface area contributed by atoms with Gasteiger partial charge in [-0.05, 0) is 23.9 Å². The quantitative estimate of drug-likeness (QED) is 0.666. The molecule has 3 aromatic rings. The molecule has 0 aliphatic carbocycles. The van der Waals surface area contributed by atoms with Crippen molar-refractivity contribution in [1.82, 2.24) is 0 Å². The number of anilines is 1. The van der Waals surface area contributed by atoms with Gasteiger partial charge in [-0.25, -0.2) is 4.90 Å². The molecule has 0 atom stereocenters. The van der Waals surface area contributed by atoms with E-state index in [0.717, 1.165) is 16.3 Å². The summed E-state index contributed by atoms with van der Waals surface area (Å²) in [6.07, 6.45) is 0. The average Bonchev–Trinajstić information content (AvgIpc) is 2.96. The summed E-state index contributed by atoms with van der Waals surface area (Å²) in [7, 11) is 0. The van der Waals surface area contributed by atoms with Crippen LogP contribution in [0.5, 0.6) is 0 Å². The molecule has 3 aromatic carbocycles. The summed E-state index contributed by atoms with van der Waals surface area (Å²) in [6, 6.07) is 20.9. The summed E-state index contributed by atoms with van der Waals surface area (Å²) in [6.45, 7) is 1.91. The van der Waals surface area contributed by atoms with Gasteiger partial charge in [0.1, 0.15) is 0 Å². The largest absolute Gasteiger partial charge is 0.396 e. The number of carbonyl (C=O) groups is 2. The molecule has 5 heteroatoms. The summed E-state index contributed by atoms with van der Waals surface area (Å²) in [5.74, 6) is -0.311. The maximum absolute atomic E-state index is 13.4. The lowest BCUT2D eigenvalue weighted by molar-refractivity contribution is -0.119. The maximum atomic E-state index is 13.4. The van der Waals surface area contributed by atoms with Crippen LogP contribution in [-0.2, 0) is 9.59 Å². The number of thioether (sulfide) groups is 1. The summed E-state index contributed by atoms with van der Waals surface area (Å²) in [5.41, 5.74) is 2.78. The molecular formula is C23H19NO3S. The average molecular weight is 389 g/mol. The number of hydrogen-bond acceptors (Lipinski definition) is 4. The Labute approximate surface area is 167 Å². The highest BCUT2D eigenvalue weighted by Crippen LogP contribution is 2.40. The van der Waals surface area contributed by atoms with Crippen molar-refractivity contribution < 1.29 is 14.7 Å². The highest BCUT2D eigenvalue weighted by molar-refractivity contribution is 8.04. The molecule has 1 N–H and O–H groups in total. The van der Waals surface area contributed by atoms with Gasteiger partial charge in [-0.1, -0.05) is 66.2 Å². The molecule has 0 fully saturated rings. The zero-order valence-electron chi connectivity index (χ0n) is 15.4. The first-order valence-corrected chi connectivity index (χ1v) is 10.0. The highest BCUT2D eigenvalue weighted by atomic mass is 32.2. The van der Waals surface area contributed by atoms with Crippen molar-refractivity contribution >= 4 is 45.6 Å². The van der Waals surface area contributed by atoms with Gasteiger partial charge in [0.2, 0.25) is 0 Å². The van der Waals surface area contributed by atoms with Gasteiger partial charge in [0.05, 0.1) is 22.8 Å². The fourth-order valence-corrected chi connectivity index (χ4v) is 4.25. The lowest BCUT2D eigenvalue weighted by Gasteiger charge is -2.17. The highest BCUT2D eigenvalue weighted by Gasteiger charge is 2.40. The molecule has 1 aliphatic rings. The number of rotatable bonds is 5. The molecular weight excluding hydrogens is 370 g/mol. The molecule has 2 amide bonds. The van der Waals surface area contributed by atoms with E-state index in [2.05, 4.69) is 0 Å². The molecule has 1 heterocycles. The van der Waals surface area contributed by atoms with Gasteiger partial charge in [0.15, 0.2) is 0 Å². The lowest BCUT2D eigenvalue weighted by atomic mass is 10.0. The molecule has 28 heavy (non-hydrogen) atoms. The number of benzene rings is 3. The van der Waals surface area contributed by atoms with Crippen molar-refractivity contribution in [2.75, 3.05) is 17.3 Å². The normalized spacial score (nSPS) is 14.4. The Morgan fingerprint density at radius 1 is 0.893 bits per heavy atom. The molecule has 4 nitrogen and oxygen atoms in total. The molecule has 0 saturated heterocycles. The van der Waals surface area contributed by atoms with Gasteiger partial charge in [-0.3, -0.25) is 9.59 Å². The number of fused-ring (bicyclic) bond motifs is 1. The third kappa shape index (κ3) is 3.13. The van der Waals surface area contributed by atoms with Gasteiger partial charge in [-0.2, -0.15) is 0 Å². The smallest absolute Gasteiger partial charge is 0.272 e. The summed E-state index contributed by atoms with van der Waals surface area (Å²) < 4.78 is 0. The first-order valence-electron chi connectivity index (χ1n) is 9.03. The van der Waals surface area contributed by atoms with E-state index in [-0.39, 0.29) is 18.4 Å². The summed E-state index contributed by atoms with van der Waals surface area (Å²) in [4.78, 5) is 28.3. The van der Waals surface area contributed by atoms with Crippen molar-refractivity contribution in [3.8, 4) is 0 Å². The second kappa shape index (κ2) is 7.62. The molecule has 0 bridgehead atoms. The van der Waals surface area contributed by atoms with Crippen molar-refractivity contribution in [2.45, 2.75) is 6.92 Å². The van der Waals surface area contributed by atoms with Crippen LogP contribution in [0.25, 0.3) is 16.3 Å². The first-order chi connectivity index (χ1) is 13.6. The number of aliphatic hydroxyl groups is 1. The van der Waals surface area contributed by atoms with Gasteiger partial charge < -0.3 is 5.11 Å². The van der Waals surface area contributed by atoms with Crippen molar-refractivity contribution in [3.63, 3.8) is 0 Å². The molecule has 140 valence electrons. The lowest BCUT2D eigenvalue weighted by Crippen LogP contribution is -2.31. The van der Waals surface area contributed by atoms with E-state index < -0.39 is 0 Å². The molecule has 0 unspecified atom stereocenters. The fourth-order valence-electron chi connectivity index (χ4n) is 3.39. The number of amides is 2. The van der Waals surface area contributed by atoms with E-state index in [9.17, 15) is 14.7 Å². The maximum Gasteiger partial charge on any atom is 0.272 e. The standard InChI is InChI=1S/C23H19NO3S/c1-15-9-11-17(12-10-15)20-21(28-14-13-25)23(27)24(22(20)26)19-8-4-6-16-5-2-3-7-18(16)19/h2-12,25H,13-14H2,1H3. The second-order valence-corrected chi connectivity index (χ2v) is 7.69. The van der Waals surface area contributed by atoms with Crippen LogP contribution < -0.4 is 4.90 Å². The molecule has 0 aromatic heterocycles. The number of nitrogens with zero attached hydrogens (tertiary/aromatic N) is 1. The minimum Gasteiger partial charge on any atom is -0.396 e. The van der Waals surface area contributed by atoms with E-state index in [1.54, 1.807) is 6.07 Å². The number of carbonyl (C=O) groups excluding carboxylic acids is 2. The predicted octanol–water partition coefficient (Wildman–Crippen LogP) is 4.16. The molecule has 0 spiro atoms. The van der Waals surface area contributed by atoms with E-state index in [0.29, 0.717) is 27.5 Å². The Morgan fingerprint density at radius 2 is 1.61 bits per heavy atom. The van der Waals surface area contributed by atoms with Crippen LogP contribution in [0.15, 0.2) is 71.6 Å². The van der Waals surface area contributed by atoms with Crippen LogP contribution in [0.3, 0.4) is 0 Å². The number of aryl methyl sites for hydroxylation is 1. The number of imide groups is 1. The Kier molecular flexibility index (Phi) is 5.03. The molecule has 0 radical (unpaired) electrons. The van der Waals surface area contributed by atoms with Crippen molar-refractivity contribution in [1.29, 1.82) is 0 Å². The zero-order chi connectivity index (χ0) is 19.7. The van der Waals surface area contributed by atoms with Gasteiger partial charge >= 0.3 is 0 Å². The Bertz CT molecular complexity index is 1100. The minimum atomic E-state index is -0.338. The molecule has 4 rings (SSSR count). The fraction of sp³-hybridized carbons (Fsp3) is 0.130. The predicted molar refractivity (Wildman–Crippen MR) is 114 cm³/mol. The topological polar surface area (TPSA) is 57.6 Å². The third-order valence-corrected chi connectivity index (χ3v) is 5.78. The van der Waals surface area contributed by atoms with E-state index in [4.69, 9.17) is 0 Å². The second-order valence-electron chi connectivity index (χ2n) is 6.59. The number of aliphatic hydroxyl groups excluding tert-OH is 1. The number of hydrogen-bond donors (Lipinski definition) is 1. The monoisotopic (exact) mass is 389 g/mol.